The summed E-state index contributed by atoms with van der Waals surface area (Å²) in [4.78, 5) is 25.9. The van der Waals surface area contributed by atoms with Crippen LogP contribution in [0.25, 0.3) is 15.9 Å². The van der Waals surface area contributed by atoms with E-state index in [1.54, 1.807) is 12.3 Å². The van der Waals surface area contributed by atoms with Crippen molar-refractivity contribution in [2.45, 2.75) is 19.4 Å². The number of amides is 1. The number of aromatic amines is 2. The molecule has 0 unspecified atom stereocenters. The van der Waals surface area contributed by atoms with Crippen molar-refractivity contribution in [3.05, 3.63) is 35.5 Å². The normalized spacial score (nSPS) is 34.5. The van der Waals surface area contributed by atoms with E-state index >= 15 is 0 Å². The van der Waals surface area contributed by atoms with E-state index in [2.05, 4.69) is 19.8 Å². The zero-order chi connectivity index (χ0) is 20.9. The Labute approximate surface area is 141 Å². The number of aromatic nitrogens is 3. The number of hydrogen-bond donors (Lipinski definition) is 2. The van der Waals surface area contributed by atoms with Gasteiger partial charge in [-0.1, -0.05) is 6.92 Å². The highest BCUT2D eigenvalue weighted by Gasteiger charge is 2.33. The molecule has 1 aliphatic rings. The van der Waals surface area contributed by atoms with Gasteiger partial charge in [-0.3, -0.25) is 9.37 Å². The van der Waals surface area contributed by atoms with E-state index in [-0.39, 0.29) is 24.8 Å². The summed E-state index contributed by atoms with van der Waals surface area (Å²) in [6, 6.07) is -0.556. The van der Waals surface area contributed by atoms with Crippen LogP contribution < -0.4 is 10.1 Å². The lowest BCUT2D eigenvalue weighted by atomic mass is 9.93. The topological polar surface area (TPSA) is 72.2 Å². The third-order valence-electron chi connectivity index (χ3n) is 3.86. The molecule has 23 heavy (non-hydrogen) atoms. The lowest BCUT2D eigenvalue weighted by Gasteiger charge is -2.35. The summed E-state index contributed by atoms with van der Waals surface area (Å²) < 4.78 is 44.2. The highest BCUT2D eigenvalue weighted by Crippen LogP contribution is 2.18. The molecule has 2 N–H and O–H groups in total. The van der Waals surface area contributed by atoms with Crippen LogP contribution in [0.3, 0.4) is 0 Å². The van der Waals surface area contributed by atoms with Gasteiger partial charge in [-0.05, 0) is 18.4 Å². The fourth-order valence-electron chi connectivity index (χ4n) is 2.60. The monoisotopic (exact) mass is 318 g/mol. The number of carbonyl (C=O) groups excluding carboxylic acids is 1. The van der Waals surface area contributed by atoms with Gasteiger partial charge in [-0.2, -0.15) is 4.98 Å². The first-order valence-electron chi connectivity index (χ1n) is 9.72. The zero-order valence-electron chi connectivity index (χ0n) is 18.0. The van der Waals surface area contributed by atoms with Crippen molar-refractivity contribution in [1.29, 1.82) is 0 Å². The van der Waals surface area contributed by atoms with Gasteiger partial charge in [0.15, 0.2) is 6.30 Å². The minimum absolute atomic E-state index is 0.0547. The molecule has 0 radical (unpaired) electrons. The number of likely N-dealkylation sites (N-methyl/N-ethyl adjacent to an activating group) is 1. The molecule has 7 nitrogen and oxygen atoms in total. The third-order valence-corrected chi connectivity index (χ3v) is 3.86. The molecular formula is C16H21N6O+. The number of likely N-dealkylation sites (tertiary alicyclic amines) is 1. The average Bonchev–Trinajstić information content (AvgIpc) is 3.06. The molecule has 0 aromatic carbocycles. The summed E-state index contributed by atoms with van der Waals surface area (Å²) in [7, 11) is 1.46. The maximum atomic E-state index is 12.4. The van der Waals surface area contributed by atoms with Gasteiger partial charge in [0.05, 0.1) is 17.7 Å². The third kappa shape index (κ3) is 2.84. The van der Waals surface area contributed by atoms with Crippen molar-refractivity contribution < 1.29 is 11.6 Å². The fraction of sp³-hybridized carbons (Fsp3) is 0.500. The summed E-state index contributed by atoms with van der Waals surface area (Å²) in [5, 5.41) is 0.529. The van der Waals surface area contributed by atoms with Gasteiger partial charge in [-0.25, -0.2) is 11.6 Å². The fourth-order valence-corrected chi connectivity index (χ4v) is 2.60. The smallest absolute Gasteiger partial charge is 0.302 e. The summed E-state index contributed by atoms with van der Waals surface area (Å²) in [5.74, 6) is -2.31. The van der Waals surface area contributed by atoms with Gasteiger partial charge in [0.1, 0.15) is 18.4 Å². The van der Waals surface area contributed by atoms with Gasteiger partial charge in [0.25, 0.3) is 12.0 Å². The molecule has 0 saturated carbocycles. The van der Waals surface area contributed by atoms with Gasteiger partial charge >= 0.3 is 5.91 Å². The van der Waals surface area contributed by atoms with E-state index in [1.807, 2.05) is 0 Å². The summed E-state index contributed by atoms with van der Waals surface area (Å²) >= 11 is 0. The Kier molecular flexibility index (Phi) is 2.77. The van der Waals surface area contributed by atoms with Crippen molar-refractivity contribution in [2.24, 2.45) is 5.89 Å². The van der Waals surface area contributed by atoms with Crippen LogP contribution in [0.15, 0.2) is 18.6 Å². The minimum atomic E-state index is -2.57. The number of hydrogen-bond acceptors (Lipinski definition) is 2. The van der Waals surface area contributed by atoms with Crippen LogP contribution >= 0.6 is 0 Å². The van der Waals surface area contributed by atoms with Crippen LogP contribution in [-0.4, -0.2) is 58.4 Å². The van der Waals surface area contributed by atoms with E-state index in [4.69, 9.17) is 13.4 Å². The summed E-state index contributed by atoms with van der Waals surface area (Å²) in [5.41, 5.74) is 0.631. The molecule has 0 bridgehead atoms. The molecule has 2 aromatic heterocycles. The standard InChI is InChI=1S/C16H20N6O/c1-11-5-7-22(14(23)8-17-2)9-13(11)21(3)16-12-4-6-18-15(12)19-10-20-16/h4,6,10-11,13H,5,7-9H2,1,3H3,(H,18,19,20)/p+1/t11-,13-/m1/s1/i9D2,10D,11D,13D. The molecule has 0 spiro atoms. The Morgan fingerprint density at radius 1 is 1.74 bits per heavy atom. The van der Waals surface area contributed by atoms with Crippen LogP contribution in [-0.2, 0) is 4.79 Å². The van der Waals surface area contributed by atoms with Crippen molar-refractivity contribution in [1.82, 2.24) is 24.4 Å². The first-order valence-corrected chi connectivity index (χ1v) is 7.22. The Morgan fingerprint density at radius 2 is 2.57 bits per heavy atom. The van der Waals surface area contributed by atoms with Crippen LogP contribution in [0.5, 0.6) is 0 Å². The molecule has 2 aromatic rings. The Balaban J connectivity index is 2.33. The van der Waals surface area contributed by atoms with Crippen LogP contribution in [0.1, 0.15) is 20.2 Å². The Bertz CT molecular complexity index is 1050. The molecule has 7 heteroatoms. The van der Waals surface area contributed by atoms with Crippen LogP contribution in [0.4, 0.5) is 0 Å². The second-order valence-electron chi connectivity index (χ2n) is 5.35. The summed E-state index contributed by atoms with van der Waals surface area (Å²) in [6.07, 6.45) is 1.48. The second-order valence-corrected chi connectivity index (χ2v) is 5.35. The first kappa shape index (κ1) is 10.2. The average molecular weight is 318 g/mol. The number of carbonyl (C=O) groups is 1. The number of H-pyrrole nitrogens is 2. The molecule has 1 saturated heterocycles. The molecule has 2 atom stereocenters. The van der Waals surface area contributed by atoms with Gasteiger partial charge in [0.2, 0.25) is 0 Å². The zero-order valence-corrected chi connectivity index (χ0v) is 13.0. The predicted molar refractivity (Wildman–Crippen MR) is 87.3 cm³/mol. The predicted octanol–water partition coefficient (Wildman–Crippen LogP) is 0.449. The van der Waals surface area contributed by atoms with Crippen molar-refractivity contribution in [3.63, 3.8) is 0 Å². The maximum absolute atomic E-state index is 12.4. The largest absolute Gasteiger partial charge is 0.346 e. The molecule has 0 aliphatic carbocycles. The first-order chi connectivity index (χ1) is 13.0. The lowest BCUT2D eigenvalue weighted by Crippen LogP contribution is -2.54. The maximum Gasteiger partial charge on any atom is 0.302 e. The minimum Gasteiger partial charge on any atom is -0.346 e. The SMILES string of the molecule is [2H]c1nc2[nH]ccc2c(=[N+](C)[C@]2([2H])C([2H])([2H])N(C(=O)C[N+]#[C-])CC[C@@]2([2H])C)[nH]1. The lowest BCUT2D eigenvalue weighted by molar-refractivity contribution is -0.131. The van der Waals surface area contributed by atoms with E-state index in [1.165, 1.54) is 18.5 Å². The Hall–Kier alpha value is -2.62. The Morgan fingerprint density at radius 3 is 3.35 bits per heavy atom. The van der Waals surface area contributed by atoms with Gasteiger partial charge in [0, 0.05) is 14.1 Å². The highest BCUT2D eigenvalue weighted by atomic mass is 16.2. The van der Waals surface area contributed by atoms with Crippen molar-refractivity contribution in [2.75, 3.05) is 26.6 Å². The molecule has 1 aliphatic heterocycles. The van der Waals surface area contributed by atoms with Crippen LogP contribution in [0.2, 0.25) is 0 Å². The van der Waals surface area contributed by atoms with E-state index in [9.17, 15) is 4.79 Å². The number of nitrogens with zero attached hydrogens (tertiary/aromatic N) is 4. The number of rotatable bonds is 2. The molecule has 1 fully saturated rings. The van der Waals surface area contributed by atoms with E-state index < -0.39 is 30.9 Å². The molecule has 3 rings (SSSR count). The molecule has 1 amide bonds. The molecule has 120 valence electrons. The number of piperidine rings is 1. The highest BCUT2D eigenvalue weighted by molar-refractivity contribution is 5.79. The van der Waals surface area contributed by atoms with E-state index in [0.29, 0.717) is 11.0 Å². The second kappa shape index (κ2) is 6.24. The number of fused-ring (bicyclic) bond motifs is 1. The van der Waals surface area contributed by atoms with Crippen molar-refractivity contribution >= 4 is 16.9 Å². The van der Waals surface area contributed by atoms with Gasteiger partial charge < -0.3 is 14.7 Å². The number of nitrogens with one attached hydrogen (secondary N) is 2. The van der Waals surface area contributed by atoms with Crippen molar-refractivity contribution in [3.8, 4) is 0 Å². The summed E-state index contributed by atoms with van der Waals surface area (Å²) in [6.45, 7) is 5.21. The molecule has 3 heterocycles. The molecular weight excluding hydrogens is 292 g/mol. The van der Waals surface area contributed by atoms with E-state index in [0.717, 1.165) is 4.90 Å². The van der Waals surface area contributed by atoms with Gasteiger partial charge in [-0.15, -0.1) is 0 Å². The van der Waals surface area contributed by atoms with Crippen LogP contribution in [0, 0.1) is 12.5 Å². The quantitative estimate of drug-likeness (QED) is 0.623.